The first-order valence-electron chi connectivity index (χ1n) is 5.80. The molecule has 0 atom stereocenters. The molecule has 2 nitrogen and oxygen atoms in total. The molecule has 1 aliphatic rings. The summed E-state index contributed by atoms with van der Waals surface area (Å²) in [4.78, 5) is 4.59. The third-order valence-electron chi connectivity index (χ3n) is 2.55. The molecule has 1 rings (SSSR count). The molecule has 0 amide bonds. The molecule has 84 valence electrons. The molecule has 0 aromatic heterocycles. The molecule has 1 aliphatic heterocycles. The number of nitrogens with one attached hydrogen (secondary N) is 1. The predicted molar refractivity (Wildman–Crippen MR) is 67.3 cm³/mol. The lowest BCUT2D eigenvalue weighted by Gasteiger charge is -2.11. The van der Waals surface area contributed by atoms with Crippen LogP contribution < -0.4 is 5.32 Å². The van der Waals surface area contributed by atoms with E-state index in [0.29, 0.717) is 6.04 Å². The maximum Gasteiger partial charge on any atom is 0.0972 e. The highest BCUT2D eigenvalue weighted by Gasteiger charge is 2.07. The Morgan fingerprint density at radius 1 is 1.60 bits per heavy atom. The minimum Gasteiger partial charge on any atom is -0.372 e. The van der Waals surface area contributed by atoms with Gasteiger partial charge in [0.05, 0.1) is 12.4 Å². The van der Waals surface area contributed by atoms with Crippen molar-refractivity contribution in [3.05, 3.63) is 23.8 Å². The average molecular weight is 206 g/mol. The third-order valence-corrected chi connectivity index (χ3v) is 2.55. The van der Waals surface area contributed by atoms with E-state index >= 15 is 0 Å². The minimum absolute atomic E-state index is 0.472. The van der Waals surface area contributed by atoms with Crippen LogP contribution in [0.1, 0.15) is 40.0 Å². The standard InChI is InChI=1S/C13H22N2/c1-5-11(4)12-7-6-8-13(14-9-12)15-10(2)3/h7,10H,4-6,8-9H2,1-3H3,(H,14,15). The van der Waals surface area contributed by atoms with Gasteiger partial charge in [0.15, 0.2) is 0 Å². The van der Waals surface area contributed by atoms with Crippen LogP contribution in [0.3, 0.4) is 0 Å². The molecule has 0 spiro atoms. The zero-order chi connectivity index (χ0) is 11.3. The van der Waals surface area contributed by atoms with E-state index in [4.69, 9.17) is 0 Å². The normalized spacial score (nSPS) is 16.8. The number of aliphatic imine (C=N–C) groups is 1. The molecular weight excluding hydrogens is 184 g/mol. The van der Waals surface area contributed by atoms with Crippen LogP contribution in [0.25, 0.3) is 0 Å². The van der Waals surface area contributed by atoms with Gasteiger partial charge in [0.25, 0.3) is 0 Å². The average Bonchev–Trinajstić information content (AvgIpc) is 2.41. The number of hydrogen-bond acceptors (Lipinski definition) is 2. The van der Waals surface area contributed by atoms with E-state index in [2.05, 4.69) is 43.7 Å². The second-order valence-electron chi connectivity index (χ2n) is 4.29. The maximum absolute atomic E-state index is 4.59. The van der Waals surface area contributed by atoms with Gasteiger partial charge in [-0.2, -0.15) is 0 Å². The molecule has 2 heteroatoms. The largest absolute Gasteiger partial charge is 0.372 e. The molecule has 0 saturated carbocycles. The summed E-state index contributed by atoms with van der Waals surface area (Å²) >= 11 is 0. The van der Waals surface area contributed by atoms with Crippen molar-refractivity contribution >= 4 is 5.84 Å². The second kappa shape index (κ2) is 5.74. The summed E-state index contributed by atoms with van der Waals surface area (Å²) < 4.78 is 0. The van der Waals surface area contributed by atoms with Gasteiger partial charge in [-0.3, -0.25) is 4.99 Å². The Hall–Kier alpha value is -1.05. The van der Waals surface area contributed by atoms with Gasteiger partial charge in [-0.1, -0.05) is 25.2 Å². The van der Waals surface area contributed by atoms with E-state index in [1.807, 2.05) is 0 Å². The van der Waals surface area contributed by atoms with Gasteiger partial charge in [0.2, 0.25) is 0 Å². The van der Waals surface area contributed by atoms with E-state index in [1.54, 1.807) is 0 Å². The molecule has 1 N–H and O–H groups in total. The van der Waals surface area contributed by atoms with Crippen molar-refractivity contribution < 1.29 is 0 Å². The fourth-order valence-electron chi connectivity index (χ4n) is 1.64. The zero-order valence-corrected chi connectivity index (χ0v) is 10.1. The highest BCUT2D eigenvalue weighted by atomic mass is 15.0. The fraction of sp³-hybridized carbons (Fsp3) is 0.615. The smallest absolute Gasteiger partial charge is 0.0972 e. The Kier molecular flexibility index (Phi) is 4.60. The molecule has 1 heterocycles. The summed E-state index contributed by atoms with van der Waals surface area (Å²) in [6, 6.07) is 0.472. The molecular formula is C13H22N2. The maximum atomic E-state index is 4.59. The van der Waals surface area contributed by atoms with Crippen LogP contribution in [0.15, 0.2) is 28.8 Å². The lowest BCUT2D eigenvalue weighted by atomic mass is 10.0. The topological polar surface area (TPSA) is 24.4 Å². The van der Waals surface area contributed by atoms with E-state index in [-0.39, 0.29) is 0 Å². The number of allylic oxidation sites excluding steroid dienone is 1. The molecule has 15 heavy (non-hydrogen) atoms. The monoisotopic (exact) mass is 206 g/mol. The van der Waals surface area contributed by atoms with Crippen LogP contribution in [0, 0.1) is 0 Å². The van der Waals surface area contributed by atoms with Gasteiger partial charge in [-0.25, -0.2) is 0 Å². The number of rotatable bonds is 3. The van der Waals surface area contributed by atoms with Gasteiger partial charge in [0.1, 0.15) is 0 Å². The predicted octanol–water partition coefficient (Wildman–Crippen LogP) is 3.07. The summed E-state index contributed by atoms with van der Waals surface area (Å²) in [5.74, 6) is 1.14. The molecule has 0 bridgehead atoms. The Morgan fingerprint density at radius 2 is 2.33 bits per heavy atom. The summed E-state index contributed by atoms with van der Waals surface area (Å²) in [5.41, 5.74) is 2.54. The summed E-state index contributed by atoms with van der Waals surface area (Å²) in [6.45, 7) is 11.3. The van der Waals surface area contributed by atoms with Crippen molar-refractivity contribution in [1.82, 2.24) is 5.32 Å². The van der Waals surface area contributed by atoms with Crippen molar-refractivity contribution in [2.75, 3.05) is 6.54 Å². The third kappa shape index (κ3) is 3.90. The van der Waals surface area contributed by atoms with Gasteiger partial charge in [-0.15, -0.1) is 0 Å². The highest BCUT2D eigenvalue weighted by molar-refractivity contribution is 5.83. The molecule has 0 unspecified atom stereocenters. The summed E-state index contributed by atoms with van der Waals surface area (Å²) in [7, 11) is 0. The molecule has 0 radical (unpaired) electrons. The summed E-state index contributed by atoms with van der Waals surface area (Å²) in [6.07, 6.45) is 5.41. The van der Waals surface area contributed by atoms with Crippen LogP contribution in [0.4, 0.5) is 0 Å². The SMILES string of the molecule is C=C(CC)C1=CCCC(NC(C)C)=NC1. The van der Waals surface area contributed by atoms with Crippen LogP contribution in [-0.2, 0) is 0 Å². The molecule has 0 aliphatic carbocycles. The zero-order valence-electron chi connectivity index (χ0n) is 10.1. The number of amidine groups is 1. The van der Waals surface area contributed by atoms with Crippen LogP contribution in [-0.4, -0.2) is 18.4 Å². The number of hydrogen-bond donors (Lipinski definition) is 1. The lowest BCUT2D eigenvalue weighted by molar-refractivity contribution is 0.718. The van der Waals surface area contributed by atoms with Gasteiger partial charge in [-0.05, 0) is 32.3 Å². The molecule has 0 aromatic rings. The first-order valence-corrected chi connectivity index (χ1v) is 5.80. The Bertz CT molecular complexity index is 285. The van der Waals surface area contributed by atoms with Crippen LogP contribution in [0.2, 0.25) is 0 Å². The van der Waals surface area contributed by atoms with Gasteiger partial charge >= 0.3 is 0 Å². The molecule has 0 aromatic carbocycles. The van der Waals surface area contributed by atoms with E-state index in [9.17, 15) is 0 Å². The van der Waals surface area contributed by atoms with Crippen LogP contribution >= 0.6 is 0 Å². The fourth-order valence-corrected chi connectivity index (χ4v) is 1.64. The van der Waals surface area contributed by atoms with Gasteiger partial charge < -0.3 is 5.32 Å². The number of nitrogens with zero attached hydrogens (tertiary/aromatic N) is 1. The first-order chi connectivity index (χ1) is 7.13. The van der Waals surface area contributed by atoms with E-state index in [1.165, 1.54) is 11.1 Å². The minimum atomic E-state index is 0.472. The summed E-state index contributed by atoms with van der Waals surface area (Å²) in [5, 5.41) is 3.39. The Labute approximate surface area is 93.2 Å². The Morgan fingerprint density at radius 3 is 2.93 bits per heavy atom. The van der Waals surface area contributed by atoms with E-state index in [0.717, 1.165) is 31.6 Å². The molecule has 0 fully saturated rings. The Balaban J connectivity index is 2.59. The molecule has 0 saturated heterocycles. The van der Waals surface area contributed by atoms with Crippen molar-refractivity contribution in [3.63, 3.8) is 0 Å². The lowest BCUT2D eigenvalue weighted by Crippen LogP contribution is -2.30. The van der Waals surface area contributed by atoms with Crippen molar-refractivity contribution in [2.45, 2.75) is 46.1 Å². The quantitative estimate of drug-likeness (QED) is 0.754. The van der Waals surface area contributed by atoms with Crippen molar-refractivity contribution in [3.8, 4) is 0 Å². The first kappa shape index (κ1) is 12.0. The van der Waals surface area contributed by atoms with Crippen molar-refractivity contribution in [2.24, 2.45) is 4.99 Å². The van der Waals surface area contributed by atoms with Gasteiger partial charge in [0, 0.05) is 12.5 Å². The second-order valence-corrected chi connectivity index (χ2v) is 4.29. The highest BCUT2D eigenvalue weighted by Crippen LogP contribution is 2.16. The van der Waals surface area contributed by atoms with E-state index < -0.39 is 0 Å². The van der Waals surface area contributed by atoms with Crippen molar-refractivity contribution in [1.29, 1.82) is 0 Å². The van der Waals surface area contributed by atoms with Crippen LogP contribution in [0.5, 0.6) is 0 Å².